The molecule has 0 fully saturated rings. The molecule has 1 rings (SSSR count). The zero-order valence-corrected chi connectivity index (χ0v) is 9.46. The van der Waals surface area contributed by atoms with E-state index in [9.17, 15) is 14.9 Å². The Balaban J connectivity index is 3.22. The third kappa shape index (κ3) is 2.90. The minimum Gasteiger partial charge on any atom is -0.469 e. The van der Waals surface area contributed by atoms with Crippen molar-refractivity contribution < 1.29 is 14.5 Å². The third-order valence-electron chi connectivity index (χ3n) is 2.40. The molecule has 0 aliphatic carbocycles. The summed E-state index contributed by atoms with van der Waals surface area (Å²) in [5.41, 5.74) is 0.272. The lowest BCUT2D eigenvalue weighted by Crippen LogP contribution is -2.15. The highest BCUT2D eigenvalue weighted by atomic mass is 16.6. The summed E-state index contributed by atoms with van der Waals surface area (Å²) in [5.74, 6) is -1.18. The number of carbonyl (C=O) groups excluding carboxylic acids is 1. The van der Waals surface area contributed by atoms with E-state index < -0.39 is 16.8 Å². The molecule has 0 spiro atoms. The average molecular weight is 235 g/mol. The molecule has 5 heteroatoms. The average Bonchev–Trinajstić information content (AvgIpc) is 2.35. The molecule has 1 aromatic carbocycles. The Labute approximate surface area is 98.9 Å². The molecular formula is C12H13NO4. The van der Waals surface area contributed by atoms with Gasteiger partial charge >= 0.3 is 5.97 Å². The van der Waals surface area contributed by atoms with Gasteiger partial charge in [-0.2, -0.15) is 0 Å². The van der Waals surface area contributed by atoms with Crippen molar-refractivity contribution in [1.82, 2.24) is 0 Å². The monoisotopic (exact) mass is 235 g/mol. The van der Waals surface area contributed by atoms with Crippen LogP contribution < -0.4 is 0 Å². The first-order chi connectivity index (χ1) is 8.11. The molecule has 90 valence electrons. The van der Waals surface area contributed by atoms with E-state index in [1.807, 2.05) is 0 Å². The molecule has 0 radical (unpaired) electrons. The second-order valence-corrected chi connectivity index (χ2v) is 3.42. The van der Waals surface area contributed by atoms with Crippen LogP contribution >= 0.6 is 0 Å². The maximum Gasteiger partial charge on any atom is 0.313 e. The maximum absolute atomic E-state index is 11.6. The molecule has 1 aromatic rings. The number of methoxy groups -OCH3 is 1. The highest BCUT2D eigenvalue weighted by molar-refractivity contribution is 5.79. The van der Waals surface area contributed by atoms with Crippen molar-refractivity contribution in [2.24, 2.45) is 0 Å². The smallest absolute Gasteiger partial charge is 0.313 e. The van der Waals surface area contributed by atoms with Crippen LogP contribution in [-0.2, 0) is 9.53 Å². The van der Waals surface area contributed by atoms with Crippen molar-refractivity contribution in [3.63, 3.8) is 0 Å². The number of benzene rings is 1. The number of carbonyl (C=O) groups is 1. The van der Waals surface area contributed by atoms with Crippen LogP contribution in [0.5, 0.6) is 0 Å². The summed E-state index contributed by atoms with van der Waals surface area (Å²) in [7, 11) is 1.26. The number of para-hydroxylation sites is 1. The summed E-state index contributed by atoms with van der Waals surface area (Å²) < 4.78 is 4.64. The lowest BCUT2D eigenvalue weighted by Gasteiger charge is -2.12. The number of allylic oxidation sites excluding steroid dienone is 1. The molecule has 0 aromatic heterocycles. The molecule has 0 bridgehead atoms. The van der Waals surface area contributed by atoms with Crippen LogP contribution in [0.3, 0.4) is 0 Å². The normalized spacial score (nSPS) is 11.6. The van der Waals surface area contributed by atoms with Gasteiger partial charge in [0, 0.05) is 11.6 Å². The van der Waals surface area contributed by atoms with Gasteiger partial charge in [0.1, 0.15) is 0 Å². The first-order valence-corrected chi connectivity index (χ1v) is 5.03. The first kappa shape index (κ1) is 12.9. The first-order valence-electron chi connectivity index (χ1n) is 5.03. The summed E-state index contributed by atoms with van der Waals surface area (Å²) in [4.78, 5) is 21.9. The van der Waals surface area contributed by atoms with E-state index in [4.69, 9.17) is 0 Å². The Morgan fingerprint density at radius 1 is 1.59 bits per heavy atom. The largest absolute Gasteiger partial charge is 0.469 e. The second-order valence-electron chi connectivity index (χ2n) is 3.42. The summed E-state index contributed by atoms with van der Waals surface area (Å²) in [6, 6.07) is 6.14. The number of nitrogens with zero attached hydrogens (tertiary/aromatic N) is 1. The van der Waals surface area contributed by atoms with Crippen molar-refractivity contribution in [3.8, 4) is 0 Å². The van der Waals surface area contributed by atoms with Gasteiger partial charge in [-0.3, -0.25) is 14.9 Å². The Hall–Kier alpha value is -2.17. The fourth-order valence-corrected chi connectivity index (χ4v) is 1.61. The van der Waals surface area contributed by atoms with E-state index in [-0.39, 0.29) is 5.69 Å². The van der Waals surface area contributed by atoms with Crippen LogP contribution in [0.25, 0.3) is 0 Å². The molecule has 0 saturated carbocycles. The van der Waals surface area contributed by atoms with Gasteiger partial charge in [0.25, 0.3) is 5.69 Å². The molecule has 0 aliphatic heterocycles. The third-order valence-corrected chi connectivity index (χ3v) is 2.40. The number of nitro benzene ring substituents is 1. The van der Waals surface area contributed by atoms with E-state index >= 15 is 0 Å². The van der Waals surface area contributed by atoms with Crippen LogP contribution in [0, 0.1) is 10.1 Å². The van der Waals surface area contributed by atoms with Crippen LogP contribution in [0.4, 0.5) is 5.69 Å². The fraction of sp³-hybridized carbons (Fsp3) is 0.250. The van der Waals surface area contributed by atoms with Crippen molar-refractivity contribution in [2.75, 3.05) is 7.11 Å². The minimum absolute atomic E-state index is 0.0789. The Morgan fingerprint density at radius 3 is 2.76 bits per heavy atom. The zero-order chi connectivity index (χ0) is 12.8. The number of esters is 1. The van der Waals surface area contributed by atoms with Crippen molar-refractivity contribution >= 4 is 11.7 Å². The van der Waals surface area contributed by atoms with Crippen molar-refractivity contribution in [1.29, 1.82) is 0 Å². The van der Waals surface area contributed by atoms with Crippen LogP contribution in [-0.4, -0.2) is 18.0 Å². The molecule has 0 heterocycles. The summed E-state index contributed by atoms with van der Waals surface area (Å²) >= 11 is 0. The molecule has 0 N–H and O–H groups in total. The lowest BCUT2D eigenvalue weighted by molar-refractivity contribution is -0.385. The highest BCUT2D eigenvalue weighted by Crippen LogP contribution is 2.29. The van der Waals surface area contributed by atoms with Crippen LogP contribution in [0.1, 0.15) is 17.9 Å². The van der Waals surface area contributed by atoms with E-state index in [1.165, 1.54) is 19.3 Å². The number of rotatable bonds is 5. The highest BCUT2D eigenvalue weighted by Gasteiger charge is 2.27. The summed E-state index contributed by atoms with van der Waals surface area (Å²) in [6.45, 7) is 3.54. The van der Waals surface area contributed by atoms with E-state index in [0.29, 0.717) is 12.0 Å². The van der Waals surface area contributed by atoms with Crippen LogP contribution in [0.2, 0.25) is 0 Å². The van der Waals surface area contributed by atoms with Crippen molar-refractivity contribution in [2.45, 2.75) is 12.3 Å². The van der Waals surface area contributed by atoms with E-state index in [2.05, 4.69) is 11.3 Å². The van der Waals surface area contributed by atoms with Gasteiger partial charge in [-0.25, -0.2) is 0 Å². The topological polar surface area (TPSA) is 69.4 Å². The molecule has 0 saturated heterocycles. The standard InChI is InChI=1S/C12H13NO4/c1-3-6-10(12(14)17-2)9-7-4-5-8-11(9)13(15)16/h3-5,7-8,10H,1,6H2,2H3/t10-/m0/s1. The van der Waals surface area contributed by atoms with Crippen LogP contribution in [0.15, 0.2) is 36.9 Å². The number of nitro groups is 1. The van der Waals surface area contributed by atoms with Gasteiger partial charge in [0.05, 0.1) is 18.0 Å². The van der Waals surface area contributed by atoms with Gasteiger partial charge in [-0.1, -0.05) is 24.3 Å². The van der Waals surface area contributed by atoms with E-state index in [1.54, 1.807) is 18.2 Å². The number of hydrogen-bond donors (Lipinski definition) is 0. The lowest BCUT2D eigenvalue weighted by atomic mass is 9.94. The molecule has 0 aliphatic rings. The Kier molecular flexibility index (Phi) is 4.39. The molecular weight excluding hydrogens is 222 g/mol. The molecule has 17 heavy (non-hydrogen) atoms. The van der Waals surface area contributed by atoms with Gasteiger partial charge in [0.2, 0.25) is 0 Å². The zero-order valence-electron chi connectivity index (χ0n) is 9.46. The fourth-order valence-electron chi connectivity index (χ4n) is 1.61. The van der Waals surface area contributed by atoms with Gasteiger partial charge in [0.15, 0.2) is 0 Å². The van der Waals surface area contributed by atoms with Gasteiger partial charge < -0.3 is 4.74 Å². The predicted octanol–water partition coefficient (Wildman–Crippen LogP) is 2.43. The minimum atomic E-state index is -0.681. The number of hydrogen-bond acceptors (Lipinski definition) is 4. The molecule has 0 amide bonds. The van der Waals surface area contributed by atoms with Gasteiger partial charge in [-0.15, -0.1) is 6.58 Å². The van der Waals surface area contributed by atoms with Gasteiger partial charge in [-0.05, 0) is 6.42 Å². The maximum atomic E-state index is 11.6. The van der Waals surface area contributed by atoms with Crippen molar-refractivity contribution in [3.05, 3.63) is 52.6 Å². The Morgan fingerprint density at radius 2 is 2.24 bits per heavy atom. The second kappa shape index (κ2) is 5.79. The quantitative estimate of drug-likeness (QED) is 0.340. The summed E-state index contributed by atoms with van der Waals surface area (Å²) in [5, 5.41) is 10.9. The SMILES string of the molecule is C=CC[C@H](C(=O)OC)c1ccccc1[N+](=O)[O-]. The molecule has 1 atom stereocenters. The summed E-state index contributed by atoms with van der Waals surface area (Å²) in [6.07, 6.45) is 1.84. The molecule has 0 unspecified atom stereocenters. The Bertz CT molecular complexity index is 442. The predicted molar refractivity (Wildman–Crippen MR) is 62.7 cm³/mol. The number of ether oxygens (including phenoxy) is 1. The molecule has 5 nitrogen and oxygen atoms in total. The van der Waals surface area contributed by atoms with E-state index in [0.717, 1.165) is 0 Å².